The summed E-state index contributed by atoms with van der Waals surface area (Å²) in [5.41, 5.74) is 0. The first-order chi connectivity index (χ1) is 7.15. The van der Waals surface area contributed by atoms with Crippen molar-refractivity contribution < 1.29 is 19.1 Å². The van der Waals surface area contributed by atoms with E-state index in [-0.39, 0.29) is 18.9 Å². The van der Waals surface area contributed by atoms with Crippen LogP contribution in [0.4, 0.5) is 4.79 Å². The molecule has 5 heteroatoms. The lowest BCUT2D eigenvalue weighted by Gasteiger charge is -2.30. The Morgan fingerprint density at radius 1 is 1.67 bits per heavy atom. The van der Waals surface area contributed by atoms with Gasteiger partial charge in [0.1, 0.15) is 12.7 Å². The SMILES string of the molecule is C=CCOC(=O)N1CCOC(C(C)=O)C1. The molecule has 0 aromatic heterocycles. The fraction of sp³-hybridized carbons (Fsp3) is 0.600. The quantitative estimate of drug-likeness (QED) is 0.644. The Kier molecular flexibility index (Phi) is 4.30. The van der Waals surface area contributed by atoms with Crippen molar-refractivity contribution in [1.82, 2.24) is 4.90 Å². The van der Waals surface area contributed by atoms with Crippen LogP contribution in [0.15, 0.2) is 12.7 Å². The summed E-state index contributed by atoms with van der Waals surface area (Å²) in [5.74, 6) is -0.0729. The Bertz CT molecular complexity index is 264. The first-order valence-electron chi connectivity index (χ1n) is 4.79. The minimum Gasteiger partial charge on any atom is -0.445 e. The number of Topliss-reactive ketones (excluding diaryl/α,β-unsaturated/α-hetero) is 1. The number of ether oxygens (including phenoxy) is 2. The largest absolute Gasteiger partial charge is 0.445 e. The second-order valence-corrected chi connectivity index (χ2v) is 3.28. The van der Waals surface area contributed by atoms with Crippen LogP contribution in [0.25, 0.3) is 0 Å². The topological polar surface area (TPSA) is 55.8 Å². The Morgan fingerprint density at radius 3 is 3.00 bits per heavy atom. The number of carbonyl (C=O) groups excluding carboxylic acids is 2. The highest BCUT2D eigenvalue weighted by molar-refractivity contribution is 5.81. The summed E-state index contributed by atoms with van der Waals surface area (Å²) in [4.78, 5) is 23.9. The predicted molar refractivity (Wildman–Crippen MR) is 53.5 cm³/mol. The first kappa shape index (κ1) is 11.7. The number of rotatable bonds is 3. The maximum absolute atomic E-state index is 11.4. The van der Waals surface area contributed by atoms with Crippen LogP contribution in [0.5, 0.6) is 0 Å². The van der Waals surface area contributed by atoms with Crippen LogP contribution in [0.1, 0.15) is 6.92 Å². The fourth-order valence-corrected chi connectivity index (χ4v) is 1.28. The van der Waals surface area contributed by atoms with Crippen LogP contribution in [0.2, 0.25) is 0 Å². The van der Waals surface area contributed by atoms with Crippen molar-refractivity contribution in [2.24, 2.45) is 0 Å². The van der Waals surface area contributed by atoms with Crippen LogP contribution in [-0.4, -0.2) is 49.2 Å². The van der Waals surface area contributed by atoms with E-state index in [0.29, 0.717) is 13.2 Å². The van der Waals surface area contributed by atoms with E-state index >= 15 is 0 Å². The maximum Gasteiger partial charge on any atom is 0.410 e. The maximum atomic E-state index is 11.4. The van der Waals surface area contributed by atoms with Gasteiger partial charge in [-0.2, -0.15) is 0 Å². The zero-order valence-corrected chi connectivity index (χ0v) is 8.77. The van der Waals surface area contributed by atoms with Gasteiger partial charge in [0.15, 0.2) is 5.78 Å². The van der Waals surface area contributed by atoms with Crippen LogP contribution in [0.3, 0.4) is 0 Å². The van der Waals surface area contributed by atoms with Crippen molar-refractivity contribution in [2.45, 2.75) is 13.0 Å². The molecule has 1 atom stereocenters. The number of hydrogen-bond acceptors (Lipinski definition) is 4. The molecule has 0 aromatic rings. The van der Waals surface area contributed by atoms with Crippen molar-refractivity contribution in [2.75, 3.05) is 26.3 Å². The molecule has 0 saturated carbocycles. The van der Waals surface area contributed by atoms with Gasteiger partial charge in [-0.1, -0.05) is 12.7 Å². The third-order valence-corrected chi connectivity index (χ3v) is 2.10. The zero-order valence-electron chi connectivity index (χ0n) is 8.77. The van der Waals surface area contributed by atoms with Crippen LogP contribution < -0.4 is 0 Å². The van der Waals surface area contributed by atoms with Crippen LogP contribution >= 0.6 is 0 Å². The van der Waals surface area contributed by atoms with E-state index in [0.717, 1.165) is 0 Å². The Balaban J connectivity index is 2.44. The summed E-state index contributed by atoms with van der Waals surface area (Å²) < 4.78 is 10.1. The summed E-state index contributed by atoms with van der Waals surface area (Å²) in [6, 6.07) is 0. The van der Waals surface area contributed by atoms with Crippen molar-refractivity contribution >= 4 is 11.9 Å². The lowest BCUT2D eigenvalue weighted by Crippen LogP contribution is -2.48. The van der Waals surface area contributed by atoms with Crippen LogP contribution in [0, 0.1) is 0 Å². The van der Waals surface area contributed by atoms with E-state index in [2.05, 4.69) is 6.58 Å². The number of nitrogens with zero attached hydrogens (tertiary/aromatic N) is 1. The Hall–Kier alpha value is -1.36. The first-order valence-corrected chi connectivity index (χ1v) is 4.79. The van der Waals surface area contributed by atoms with Crippen molar-refractivity contribution in [3.63, 3.8) is 0 Å². The van der Waals surface area contributed by atoms with E-state index in [9.17, 15) is 9.59 Å². The van der Waals surface area contributed by atoms with Crippen molar-refractivity contribution in [3.05, 3.63) is 12.7 Å². The molecule has 0 radical (unpaired) electrons. The van der Waals surface area contributed by atoms with E-state index < -0.39 is 12.2 Å². The molecule has 1 aliphatic heterocycles. The minimum atomic E-state index is -0.518. The lowest BCUT2D eigenvalue weighted by molar-refractivity contribution is -0.133. The molecule has 84 valence electrons. The number of ketones is 1. The highest BCUT2D eigenvalue weighted by atomic mass is 16.6. The molecular formula is C10H15NO4. The molecule has 0 aromatic carbocycles. The Morgan fingerprint density at radius 2 is 2.40 bits per heavy atom. The number of hydrogen-bond donors (Lipinski definition) is 0. The number of amides is 1. The molecule has 1 fully saturated rings. The second-order valence-electron chi connectivity index (χ2n) is 3.28. The van der Waals surface area contributed by atoms with Gasteiger partial charge >= 0.3 is 6.09 Å². The molecule has 0 N–H and O–H groups in total. The highest BCUT2D eigenvalue weighted by Crippen LogP contribution is 2.07. The molecule has 1 saturated heterocycles. The van der Waals surface area contributed by atoms with E-state index in [1.807, 2.05) is 0 Å². The van der Waals surface area contributed by atoms with Gasteiger partial charge in [0.25, 0.3) is 0 Å². The standard InChI is InChI=1S/C10H15NO4/c1-3-5-15-10(13)11-4-6-14-9(7-11)8(2)12/h3,9H,1,4-7H2,2H3. The summed E-state index contributed by atoms with van der Waals surface area (Å²) in [7, 11) is 0. The average molecular weight is 213 g/mol. The second kappa shape index (κ2) is 5.50. The summed E-state index contributed by atoms with van der Waals surface area (Å²) in [6.07, 6.45) is 0.556. The van der Waals surface area contributed by atoms with Gasteiger partial charge in [-0.25, -0.2) is 4.79 Å². The van der Waals surface area contributed by atoms with Gasteiger partial charge in [0.2, 0.25) is 0 Å². The highest BCUT2D eigenvalue weighted by Gasteiger charge is 2.27. The van der Waals surface area contributed by atoms with Gasteiger partial charge in [-0.15, -0.1) is 0 Å². The molecule has 15 heavy (non-hydrogen) atoms. The molecule has 0 aliphatic carbocycles. The molecule has 1 unspecified atom stereocenters. The smallest absolute Gasteiger partial charge is 0.410 e. The molecule has 1 rings (SSSR count). The molecular weight excluding hydrogens is 198 g/mol. The van der Waals surface area contributed by atoms with Crippen molar-refractivity contribution in [1.29, 1.82) is 0 Å². The van der Waals surface area contributed by atoms with Gasteiger partial charge in [-0.3, -0.25) is 4.79 Å². The Labute approximate surface area is 88.6 Å². The van der Waals surface area contributed by atoms with Gasteiger partial charge in [0.05, 0.1) is 13.2 Å². The molecule has 1 heterocycles. The van der Waals surface area contributed by atoms with E-state index in [4.69, 9.17) is 9.47 Å². The normalized spacial score (nSPS) is 20.9. The molecule has 1 amide bonds. The van der Waals surface area contributed by atoms with Crippen molar-refractivity contribution in [3.8, 4) is 0 Å². The number of morpholine rings is 1. The molecule has 0 bridgehead atoms. The summed E-state index contributed by atoms with van der Waals surface area (Å²) >= 11 is 0. The van der Waals surface area contributed by atoms with Gasteiger partial charge in [-0.05, 0) is 6.92 Å². The molecule has 1 aliphatic rings. The molecule has 0 spiro atoms. The fourth-order valence-electron chi connectivity index (χ4n) is 1.28. The summed E-state index contributed by atoms with van der Waals surface area (Å²) in [6.45, 7) is 6.17. The zero-order chi connectivity index (χ0) is 11.3. The third-order valence-electron chi connectivity index (χ3n) is 2.10. The van der Waals surface area contributed by atoms with Crippen LogP contribution in [-0.2, 0) is 14.3 Å². The predicted octanol–water partition coefficient (Wildman–Crippen LogP) is 0.599. The third kappa shape index (κ3) is 3.36. The average Bonchev–Trinajstić information content (AvgIpc) is 2.26. The monoisotopic (exact) mass is 213 g/mol. The lowest BCUT2D eigenvalue weighted by atomic mass is 10.2. The molecule has 5 nitrogen and oxygen atoms in total. The van der Waals surface area contributed by atoms with E-state index in [1.54, 1.807) is 0 Å². The van der Waals surface area contributed by atoms with Gasteiger partial charge in [0, 0.05) is 6.54 Å². The summed E-state index contributed by atoms with van der Waals surface area (Å²) in [5, 5.41) is 0. The van der Waals surface area contributed by atoms with Gasteiger partial charge < -0.3 is 14.4 Å². The minimum absolute atomic E-state index is 0.0729. The number of carbonyl (C=O) groups is 2. The van der Waals surface area contributed by atoms with E-state index in [1.165, 1.54) is 17.9 Å².